The number of H-pyrrole nitrogens is 1. The maximum atomic E-state index is 12.3. The topological polar surface area (TPSA) is 91.4 Å². The van der Waals surface area contributed by atoms with Crippen LogP contribution in [0.5, 0.6) is 0 Å². The molecule has 3 aliphatic carbocycles. The molecule has 32 heavy (non-hydrogen) atoms. The molecule has 1 unspecified atom stereocenters. The van der Waals surface area contributed by atoms with E-state index in [1.807, 2.05) is 13.0 Å². The molecule has 6 rings (SSSR count). The summed E-state index contributed by atoms with van der Waals surface area (Å²) in [6.07, 6.45) is 5.79. The molecular weight excluding hydrogens is 474 g/mol. The normalized spacial score (nSPS) is 27.3. The van der Waals surface area contributed by atoms with E-state index >= 15 is 0 Å². The van der Waals surface area contributed by atoms with Crippen molar-refractivity contribution in [2.24, 2.45) is 5.92 Å². The van der Waals surface area contributed by atoms with Gasteiger partial charge in [-0.3, -0.25) is 9.69 Å². The number of aryl methyl sites for hydroxylation is 1. The van der Waals surface area contributed by atoms with Gasteiger partial charge in [-0.1, -0.05) is 6.92 Å². The number of nitrogens with zero attached hydrogens (tertiary/aromatic N) is 4. The third-order valence-electron chi connectivity index (χ3n) is 7.55. The van der Waals surface area contributed by atoms with Crippen LogP contribution < -0.4 is 10.5 Å². The summed E-state index contributed by atoms with van der Waals surface area (Å²) >= 11 is 3.52. The van der Waals surface area contributed by atoms with Crippen LogP contribution in [0.25, 0.3) is 0 Å². The van der Waals surface area contributed by atoms with Crippen molar-refractivity contribution in [1.82, 2.24) is 19.9 Å². The van der Waals surface area contributed by atoms with Crippen molar-refractivity contribution in [2.45, 2.75) is 44.1 Å². The molecule has 3 saturated carbocycles. The van der Waals surface area contributed by atoms with Crippen LogP contribution in [0.1, 0.15) is 48.1 Å². The van der Waals surface area contributed by atoms with Crippen LogP contribution in [-0.4, -0.2) is 65.2 Å². The number of methoxy groups -OCH3 is 1. The van der Waals surface area contributed by atoms with Gasteiger partial charge in [-0.15, -0.1) is 0 Å². The maximum Gasteiger partial charge on any atom is 0.356 e. The molecule has 170 valence electrons. The third kappa shape index (κ3) is 3.55. The Balaban J connectivity index is 1.23. The van der Waals surface area contributed by atoms with E-state index in [4.69, 9.17) is 4.74 Å². The van der Waals surface area contributed by atoms with Crippen LogP contribution >= 0.6 is 15.9 Å². The average molecular weight is 502 g/mol. The number of nitrogens with one attached hydrogen (secondary N) is 1. The minimum Gasteiger partial charge on any atom is -0.464 e. The van der Waals surface area contributed by atoms with E-state index in [1.165, 1.54) is 7.11 Å². The molecule has 2 aromatic heterocycles. The van der Waals surface area contributed by atoms with Crippen molar-refractivity contribution in [3.63, 3.8) is 0 Å². The first-order chi connectivity index (χ1) is 15.4. The van der Waals surface area contributed by atoms with Gasteiger partial charge in [0, 0.05) is 49.4 Å². The molecule has 4 fully saturated rings. The van der Waals surface area contributed by atoms with Crippen LogP contribution in [0.2, 0.25) is 0 Å². The van der Waals surface area contributed by atoms with Gasteiger partial charge >= 0.3 is 5.97 Å². The number of anilines is 1. The SMILES string of the molecule is CCc1cnc(C23CC(C2)C(N2CCN(c4ccc(C(=O)OC)nc4Br)CC2)C3)[nH]c1=O. The molecule has 2 aromatic rings. The molecule has 0 amide bonds. The summed E-state index contributed by atoms with van der Waals surface area (Å²) in [6.45, 7) is 5.78. The second-order valence-corrected chi connectivity index (χ2v) is 9.93. The molecule has 2 bridgehead atoms. The second kappa shape index (κ2) is 8.26. The highest BCUT2D eigenvalue weighted by atomic mass is 79.9. The van der Waals surface area contributed by atoms with E-state index < -0.39 is 5.97 Å². The lowest BCUT2D eigenvalue weighted by atomic mass is 9.69. The lowest BCUT2D eigenvalue weighted by Gasteiger charge is -2.41. The Bertz CT molecular complexity index is 1090. The van der Waals surface area contributed by atoms with Gasteiger partial charge in [0.1, 0.15) is 16.1 Å². The van der Waals surface area contributed by atoms with Crippen molar-refractivity contribution >= 4 is 27.6 Å². The van der Waals surface area contributed by atoms with Gasteiger partial charge in [-0.25, -0.2) is 14.8 Å². The van der Waals surface area contributed by atoms with Gasteiger partial charge in [0.05, 0.1) is 12.8 Å². The molecule has 1 atom stereocenters. The average Bonchev–Trinajstić information content (AvgIpc) is 3.36. The zero-order valence-corrected chi connectivity index (χ0v) is 20.0. The molecule has 0 radical (unpaired) electrons. The van der Waals surface area contributed by atoms with Crippen LogP contribution in [0.15, 0.2) is 27.7 Å². The number of halogens is 1. The lowest BCUT2D eigenvalue weighted by molar-refractivity contribution is 0.0594. The standard InChI is InChI=1S/C23H28BrN5O3/c1-3-14-13-25-22(27-20(14)30)23-10-15(11-23)18(12-23)29-8-6-28(7-9-29)17-5-4-16(21(31)32-2)26-19(17)24/h4-5,13,15,18H,3,6-12H2,1-2H3,(H,25,27,30). The maximum absolute atomic E-state index is 12.3. The number of aromatic nitrogens is 3. The first-order valence-electron chi connectivity index (χ1n) is 11.3. The fourth-order valence-corrected chi connectivity index (χ4v) is 6.36. The Labute approximate surface area is 195 Å². The summed E-state index contributed by atoms with van der Waals surface area (Å²) < 4.78 is 5.42. The third-order valence-corrected chi connectivity index (χ3v) is 8.14. The molecule has 9 heteroatoms. The van der Waals surface area contributed by atoms with Crippen molar-refractivity contribution in [2.75, 3.05) is 38.2 Å². The molecular formula is C23H28BrN5O3. The Morgan fingerprint density at radius 3 is 2.62 bits per heavy atom. The predicted molar refractivity (Wildman–Crippen MR) is 124 cm³/mol. The summed E-state index contributed by atoms with van der Waals surface area (Å²) in [5.74, 6) is 1.14. The fourth-order valence-electron chi connectivity index (χ4n) is 5.79. The molecule has 1 N–H and O–H groups in total. The Kier molecular flexibility index (Phi) is 5.57. The number of rotatable bonds is 5. The minimum absolute atomic E-state index is 0.0183. The van der Waals surface area contributed by atoms with E-state index in [1.54, 1.807) is 12.3 Å². The van der Waals surface area contributed by atoms with Crippen molar-refractivity contribution < 1.29 is 9.53 Å². The molecule has 0 spiro atoms. The molecule has 4 aliphatic rings. The highest BCUT2D eigenvalue weighted by Crippen LogP contribution is 2.60. The largest absolute Gasteiger partial charge is 0.464 e. The number of pyridine rings is 1. The van der Waals surface area contributed by atoms with E-state index in [9.17, 15) is 9.59 Å². The van der Waals surface area contributed by atoms with E-state index in [0.29, 0.717) is 28.7 Å². The Morgan fingerprint density at radius 2 is 2.00 bits per heavy atom. The van der Waals surface area contributed by atoms with Gasteiger partial charge in [-0.05, 0) is 59.7 Å². The monoisotopic (exact) mass is 501 g/mol. The van der Waals surface area contributed by atoms with Gasteiger partial charge in [0.2, 0.25) is 0 Å². The fraction of sp³-hybridized carbons (Fsp3) is 0.565. The van der Waals surface area contributed by atoms with E-state index in [2.05, 4.69) is 40.7 Å². The zero-order chi connectivity index (χ0) is 22.5. The van der Waals surface area contributed by atoms with Crippen LogP contribution in [0, 0.1) is 5.92 Å². The predicted octanol–water partition coefficient (Wildman–Crippen LogP) is 2.52. The van der Waals surface area contributed by atoms with E-state index in [-0.39, 0.29) is 11.0 Å². The quantitative estimate of drug-likeness (QED) is 0.497. The van der Waals surface area contributed by atoms with Gasteiger partial charge < -0.3 is 14.6 Å². The zero-order valence-electron chi connectivity index (χ0n) is 18.4. The Hall–Kier alpha value is -2.26. The summed E-state index contributed by atoms with van der Waals surface area (Å²) in [5, 5.41) is 0. The van der Waals surface area contributed by atoms with Gasteiger partial charge in [0.15, 0.2) is 0 Å². The number of hydrogen-bond acceptors (Lipinski definition) is 7. The highest BCUT2D eigenvalue weighted by molar-refractivity contribution is 9.10. The first kappa shape index (κ1) is 21.6. The van der Waals surface area contributed by atoms with E-state index in [0.717, 1.165) is 62.5 Å². The van der Waals surface area contributed by atoms with Crippen LogP contribution in [0.4, 0.5) is 5.69 Å². The highest BCUT2D eigenvalue weighted by Gasteiger charge is 2.59. The van der Waals surface area contributed by atoms with Gasteiger partial charge in [0.25, 0.3) is 5.56 Å². The van der Waals surface area contributed by atoms with Gasteiger partial charge in [-0.2, -0.15) is 0 Å². The lowest BCUT2D eigenvalue weighted by Crippen LogP contribution is -2.51. The minimum atomic E-state index is -0.434. The number of ether oxygens (including phenoxy) is 1. The molecule has 3 heterocycles. The summed E-state index contributed by atoms with van der Waals surface area (Å²) in [7, 11) is 1.36. The summed E-state index contributed by atoms with van der Waals surface area (Å²) in [6, 6.07) is 4.20. The van der Waals surface area contributed by atoms with Crippen LogP contribution in [-0.2, 0) is 16.6 Å². The summed E-state index contributed by atoms with van der Waals surface area (Å²) in [4.78, 5) is 41.0. The first-order valence-corrected chi connectivity index (χ1v) is 12.1. The number of fused-ring (bicyclic) bond motifs is 1. The number of esters is 1. The number of carbonyl (C=O) groups is 1. The summed E-state index contributed by atoms with van der Waals surface area (Å²) in [5.41, 5.74) is 2.13. The molecule has 1 saturated heterocycles. The number of carbonyl (C=O) groups excluding carboxylic acids is 1. The van der Waals surface area contributed by atoms with Crippen molar-refractivity contribution in [3.8, 4) is 0 Å². The second-order valence-electron chi connectivity index (χ2n) is 9.18. The number of aromatic amines is 1. The Morgan fingerprint density at radius 1 is 1.25 bits per heavy atom. The van der Waals surface area contributed by atoms with Crippen molar-refractivity contribution in [3.05, 3.63) is 50.4 Å². The molecule has 0 aromatic carbocycles. The number of piperazine rings is 1. The van der Waals surface area contributed by atoms with Crippen molar-refractivity contribution in [1.29, 1.82) is 0 Å². The molecule has 1 aliphatic heterocycles. The smallest absolute Gasteiger partial charge is 0.356 e. The molecule has 8 nitrogen and oxygen atoms in total. The van der Waals surface area contributed by atoms with Crippen LogP contribution in [0.3, 0.4) is 0 Å². The number of hydrogen-bond donors (Lipinski definition) is 1.